The second-order valence-corrected chi connectivity index (χ2v) is 9.99. The molecule has 2 aliphatic rings. The molecule has 2 heterocycles. The van der Waals surface area contributed by atoms with Crippen molar-refractivity contribution in [1.82, 2.24) is 15.1 Å². The number of hydrogen-bond donors (Lipinski definition) is 2. The largest absolute Gasteiger partial charge is 0.349 e. The Hall–Kier alpha value is -1.66. The van der Waals surface area contributed by atoms with E-state index in [1.807, 2.05) is 12.1 Å². The molecule has 0 radical (unpaired) electrons. The first kappa shape index (κ1) is 23.0. The first-order valence-electron chi connectivity index (χ1n) is 11.5. The smallest absolute Gasteiger partial charge is 0.241 e. The van der Waals surface area contributed by atoms with Crippen LogP contribution in [0, 0.1) is 18.8 Å². The average Bonchev–Trinajstić information content (AvgIpc) is 2.93. The van der Waals surface area contributed by atoms with Gasteiger partial charge in [-0.15, -0.1) is 0 Å². The normalized spacial score (nSPS) is 22.1. The number of nitrogens with zero attached hydrogens (tertiary/aromatic N) is 2. The number of hydrogen-bond acceptors (Lipinski definition) is 3. The van der Waals surface area contributed by atoms with Gasteiger partial charge in [0.2, 0.25) is 5.91 Å². The predicted octanol–water partition coefficient (Wildman–Crippen LogP) is 4.38. The van der Waals surface area contributed by atoms with Crippen molar-refractivity contribution in [2.75, 3.05) is 25.0 Å². The molecule has 0 unspecified atom stereocenters. The van der Waals surface area contributed by atoms with E-state index in [4.69, 9.17) is 12.2 Å². The summed E-state index contributed by atoms with van der Waals surface area (Å²) in [4.78, 5) is 17.7. The van der Waals surface area contributed by atoms with Gasteiger partial charge in [0, 0.05) is 38.2 Å². The van der Waals surface area contributed by atoms with Gasteiger partial charge in [-0.25, -0.2) is 0 Å². The Morgan fingerprint density at radius 1 is 1.30 bits per heavy atom. The van der Waals surface area contributed by atoms with Crippen LogP contribution in [0.15, 0.2) is 24.3 Å². The molecule has 2 saturated heterocycles. The number of benzene rings is 1. The molecule has 2 aliphatic heterocycles. The SMILES string of the molecule is CC[C@@H](C)CN1C(=O)[C@H](CC(C)C)NC12CCN(C(=S)Nc1cccc(C)c1)CC2. The highest BCUT2D eigenvalue weighted by Crippen LogP contribution is 2.35. The Morgan fingerprint density at radius 3 is 2.60 bits per heavy atom. The number of anilines is 1. The minimum Gasteiger partial charge on any atom is -0.349 e. The van der Waals surface area contributed by atoms with Gasteiger partial charge in [-0.05, 0) is 55.1 Å². The van der Waals surface area contributed by atoms with Gasteiger partial charge in [0.25, 0.3) is 0 Å². The summed E-state index contributed by atoms with van der Waals surface area (Å²) in [6, 6.07) is 8.23. The van der Waals surface area contributed by atoms with E-state index >= 15 is 0 Å². The molecule has 166 valence electrons. The number of amides is 1. The summed E-state index contributed by atoms with van der Waals surface area (Å²) in [6.07, 6.45) is 3.79. The molecule has 0 bridgehead atoms. The number of piperidine rings is 1. The highest BCUT2D eigenvalue weighted by molar-refractivity contribution is 7.80. The first-order chi connectivity index (χ1) is 14.2. The van der Waals surface area contributed by atoms with Gasteiger partial charge in [-0.1, -0.05) is 46.2 Å². The Kier molecular flexibility index (Phi) is 7.40. The second kappa shape index (κ2) is 9.65. The molecular weight excluding hydrogens is 392 g/mol. The van der Waals surface area contributed by atoms with Gasteiger partial charge in [0.05, 0.1) is 11.7 Å². The van der Waals surface area contributed by atoms with Crippen LogP contribution < -0.4 is 10.6 Å². The fraction of sp³-hybridized carbons (Fsp3) is 0.667. The van der Waals surface area contributed by atoms with Crippen LogP contribution in [0.2, 0.25) is 0 Å². The molecule has 1 amide bonds. The van der Waals surface area contributed by atoms with E-state index in [9.17, 15) is 4.79 Å². The van der Waals surface area contributed by atoms with Gasteiger partial charge in [0.15, 0.2) is 5.11 Å². The quantitative estimate of drug-likeness (QED) is 0.656. The highest BCUT2D eigenvalue weighted by Gasteiger charge is 2.51. The van der Waals surface area contributed by atoms with E-state index in [0.717, 1.165) is 56.1 Å². The molecule has 0 aliphatic carbocycles. The number of likely N-dealkylation sites (tertiary alicyclic amines) is 1. The third-order valence-corrected chi connectivity index (χ3v) is 6.93. The lowest BCUT2D eigenvalue weighted by Gasteiger charge is -2.46. The summed E-state index contributed by atoms with van der Waals surface area (Å²) in [6.45, 7) is 13.5. The van der Waals surface area contributed by atoms with Crippen molar-refractivity contribution in [2.45, 2.75) is 72.0 Å². The Labute approximate surface area is 187 Å². The zero-order valence-corrected chi connectivity index (χ0v) is 20.0. The molecular formula is C24H38N4OS. The molecule has 0 saturated carbocycles. The van der Waals surface area contributed by atoms with Crippen molar-refractivity contribution < 1.29 is 4.79 Å². The Balaban J connectivity index is 1.68. The standard InChI is InChI=1S/C24H38N4OS/c1-6-18(4)16-28-22(29)21(14-17(2)3)26-24(28)10-12-27(13-11-24)23(30)25-20-9-7-8-19(5)15-20/h7-9,15,17-18,21,26H,6,10-14,16H2,1-5H3,(H,25,30)/t18-,21+/m1/s1. The lowest BCUT2D eigenvalue weighted by molar-refractivity contribution is -0.134. The second-order valence-electron chi connectivity index (χ2n) is 9.61. The molecule has 2 atom stereocenters. The number of nitrogens with one attached hydrogen (secondary N) is 2. The Bertz CT molecular complexity index is 757. The minimum atomic E-state index is -0.227. The topological polar surface area (TPSA) is 47.6 Å². The van der Waals surface area contributed by atoms with Crippen molar-refractivity contribution in [3.05, 3.63) is 29.8 Å². The van der Waals surface area contributed by atoms with Gasteiger partial charge < -0.3 is 15.1 Å². The van der Waals surface area contributed by atoms with E-state index in [1.54, 1.807) is 0 Å². The van der Waals surface area contributed by atoms with Crippen molar-refractivity contribution in [2.24, 2.45) is 11.8 Å². The molecule has 3 rings (SSSR count). The molecule has 30 heavy (non-hydrogen) atoms. The highest BCUT2D eigenvalue weighted by atomic mass is 32.1. The molecule has 2 N–H and O–H groups in total. The summed E-state index contributed by atoms with van der Waals surface area (Å²) in [7, 11) is 0. The number of carbonyl (C=O) groups excluding carboxylic acids is 1. The van der Waals surface area contributed by atoms with Crippen LogP contribution in [0.3, 0.4) is 0 Å². The van der Waals surface area contributed by atoms with Gasteiger partial charge in [0.1, 0.15) is 0 Å². The molecule has 1 aromatic rings. The van der Waals surface area contributed by atoms with Crippen LogP contribution in [0.5, 0.6) is 0 Å². The van der Waals surface area contributed by atoms with Crippen molar-refractivity contribution in [3.8, 4) is 0 Å². The third-order valence-electron chi connectivity index (χ3n) is 6.57. The zero-order valence-electron chi connectivity index (χ0n) is 19.2. The predicted molar refractivity (Wildman–Crippen MR) is 128 cm³/mol. The van der Waals surface area contributed by atoms with Gasteiger partial charge in [-0.3, -0.25) is 10.1 Å². The summed E-state index contributed by atoms with van der Waals surface area (Å²) in [5.74, 6) is 1.30. The monoisotopic (exact) mass is 430 g/mol. The molecule has 6 heteroatoms. The van der Waals surface area contributed by atoms with E-state index in [-0.39, 0.29) is 17.6 Å². The average molecular weight is 431 g/mol. The molecule has 0 aromatic heterocycles. The van der Waals surface area contributed by atoms with E-state index in [1.165, 1.54) is 5.56 Å². The summed E-state index contributed by atoms with van der Waals surface area (Å²) < 4.78 is 0. The van der Waals surface area contributed by atoms with Crippen LogP contribution >= 0.6 is 12.2 Å². The summed E-state index contributed by atoms with van der Waals surface area (Å²) in [5, 5.41) is 7.92. The Morgan fingerprint density at radius 2 is 2.00 bits per heavy atom. The minimum absolute atomic E-state index is 0.0574. The summed E-state index contributed by atoms with van der Waals surface area (Å²) in [5.41, 5.74) is 2.02. The van der Waals surface area contributed by atoms with Crippen molar-refractivity contribution >= 4 is 28.9 Å². The van der Waals surface area contributed by atoms with Gasteiger partial charge in [-0.2, -0.15) is 0 Å². The maximum Gasteiger partial charge on any atom is 0.241 e. The van der Waals surface area contributed by atoms with Crippen LogP contribution in [-0.4, -0.2) is 52.2 Å². The lowest BCUT2D eigenvalue weighted by atomic mass is 9.94. The van der Waals surface area contributed by atoms with Gasteiger partial charge >= 0.3 is 0 Å². The summed E-state index contributed by atoms with van der Waals surface area (Å²) >= 11 is 5.70. The van der Waals surface area contributed by atoms with E-state index in [2.05, 4.69) is 67.2 Å². The molecule has 1 spiro atoms. The number of thiocarbonyl (C=S) groups is 1. The fourth-order valence-electron chi connectivity index (χ4n) is 4.62. The fourth-order valence-corrected chi connectivity index (χ4v) is 4.92. The lowest BCUT2D eigenvalue weighted by Crippen LogP contribution is -2.60. The maximum absolute atomic E-state index is 13.3. The molecule has 1 aromatic carbocycles. The molecule has 2 fully saturated rings. The first-order valence-corrected chi connectivity index (χ1v) is 11.9. The van der Waals surface area contributed by atoms with Crippen LogP contribution in [0.25, 0.3) is 0 Å². The number of rotatable bonds is 6. The number of carbonyl (C=O) groups is 1. The van der Waals surface area contributed by atoms with Crippen LogP contribution in [-0.2, 0) is 4.79 Å². The van der Waals surface area contributed by atoms with Crippen LogP contribution in [0.1, 0.15) is 58.9 Å². The third kappa shape index (κ3) is 5.14. The van der Waals surface area contributed by atoms with E-state index in [0.29, 0.717) is 11.8 Å². The number of aryl methyl sites for hydroxylation is 1. The maximum atomic E-state index is 13.3. The van der Waals surface area contributed by atoms with E-state index < -0.39 is 0 Å². The zero-order chi connectivity index (χ0) is 21.9. The van der Waals surface area contributed by atoms with Crippen LogP contribution in [0.4, 0.5) is 5.69 Å². The molecule has 5 nitrogen and oxygen atoms in total. The van der Waals surface area contributed by atoms with Crippen molar-refractivity contribution in [1.29, 1.82) is 0 Å². The van der Waals surface area contributed by atoms with Crippen molar-refractivity contribution in [3.63, 3.8) is 0 Å².